The molecule has 2 rings (SSSR count). The second-order valence-electron chi connectivity index (χ2n) is 5.07. The molecular formula is C15H19BrN2O2. The highest BCUT2D eigenvalue weighted by molar-refractivity contribution is 9.10. The molecule has 0 saturated carbocycles. The molecule has 5 heteroatoms. The first-order valence-corrected chi connectivity index (χ1v) is 7.30. The quantitative estimate of drug-likeness (QED) is 0.909. The van der Waals surface area contributed by atoms with E-state index in [-0.39, 0.29) is 0 Å². The van der Waals surface area contributed by atoms with Crippen LogP contribution in [-0.4, -0.2) is 28.8 Å². The van der Waals surface area contributed by atoms with Crippen molar-refractivity contribution in [2.24, 2.45) is 0 Å². The van der Waals surface area contributed by atoms with Crippen LogP contribution in [0, 0.1) is 13.8 Å². The third-order valence-corrected chi connectivity index (χ3v) is 3.82. The first-order chi connectivity index (χ1) is 9.47. The first kappa shape index (κ1) is 15.2. The molecule has 1 aromatic carbocycles. The maximum absolute atomic E-state index is 10.3. The normalized spacial score (nSPS) is 12.9. The average Bonchev–Trinajstić information content (AvgIpc) is 2.70. The number of hydrogen-bond donors (Lipinski definition) is 1. The van der Waals surface area contributed by atoms with E-state index in [2.05, 4.69) is 26.0 Å². The molecule has 2 aromatic rings. The van der Waals surface area contributed by atoms with Gasteiger partial charge in [0.1, 0.15) is 5.76 Å². The topological polar surface area (TPSA) is 49.5 Å². The number of aryl methyl sites for hydroxylation is 2. The molecule has 0 spiro atoms. The van der Waals surface area contributed by atoms with Crippen LogP contribution in [0.2, 0.25) is 0 Å². The summed E-state index contributed by atoms with van der Waals surface area (Å²) in [5.74, 6) is 0.839. The zero-order chi connectivity index (χ0) is 14.7. The van der Waals surface area contributed by atoms with Crippen molar-refractivity contribution in [3.8, 4) is 0 Å². The van der Waals surface area contributed by atoms with Crippen molar-refractivity contribution < 1.29 is 9.63 Å². The van der Waals surface area contributed by atoms with Crippen LogP contribution < -0.4 is 0 Å². The lowest BCUT2D eigenvalue weighted by Gasteiger charge is -2.20. The summed E-state index contributed by atoms with van der Waals surface area (Å²) in [4.78, 5) is 2.07. The summed E-state index contributed by atoms with van der Waals surface area (Å²) >= 11 is 3.42. The van der Waals surface area contributed by atoms with Crippen LogP contribution in [-0.2, 0) is 6.54 Å². The molecule has 0 aliphatic rings. The Balaban J connectivity index is 1.99. The Hall–Kier alpha value is -1.17. The summed E-state index contributed by atoms with van der Waals surface area (Å²) in [7, 11) is 1.98. The summed E-state index contributed by atoms with van der Waals surface area (Å²) in [6.45, 7) is 5.12. The standard InChI is InChI=1S/C15H19BrN2O2/c1-10-14(11(2)20-17-10)8-18(3)9-15(19)12-5-4-6-13(16)7-12/h4-7,15,19H,8-9H2,1-3H3. The van der Waals surface area contributed by atoms with Crippen LogP contribution in [0.1, 0.15) is 28.7 Å². The number of rotatable bonds is 5. The van der Waals surface area contributed by atoms with Crippen LogP contribution in [0.15, 0.2) is 33.3 Å². The van der Waals surface area contributed by atoms with E-state index >= 15 is 0 Å². The second-order valence-corrected chi connectivity index (χ2v) is 5.99. The summed E-state index contributed by atoms with van der Waals surface area (Å²) in [6, 6.07) is 7.74. The van der Waals surface area contributed by atoms with Crippen molar-refractivity contribution in [1.29, 1.82) is 0 Å². The third-order valence-electron chi connectivity index (χ3n) is 3.33. The lowest BCUT2D eigenvalue weighted by atomic mass is 10.1. The molecule has 1 unspecified atom stereocenters. The summed E-state index contributed by atoms with van der Waals surface area (Å²) in [6.07, 6.45) is -0.516. The molecule has 1 aromatic heterocycles. The van der Waals surface area contributed by atoms with Gasteiger partial charge < -0.3 is 9.63 Å². The number of aliphatic hydroxyl groups excluding tert-OH is 1. The minimum Gasteiger partial charge on any atom is -0.387 e. The number of halogens is 1. The minimum atomic E-state index is -0.516. The Morgan fingerprint density at radius 1 is 1.40 bits per heavy atom. The van der Waals surface area contributed by atoms with Gasteiger partial charge in [0, 0.05) is 23.1 Å². The van der Waals surface area contributed by atoms with Crippen molar-refractivity contribution in [1.82, 2.24) is 10.1 Å². The molecule has 1 N–H and O–H groups in total. The first-order valence-electron chi connectivity index (χ1n) is 6.51. The molecule has 0 aliphatic carbocycles. The van der Waals surface area contributed by atoms with E-state index in [0.29, 0.717) is 13.1 Å². The van der Waals surface area contributed by atoms with Gasteiger partial charge in [0.15, 0.2) is 0 Å². The highest BCUT2D eigenvalue weighted by Gasteiger charge is 2.15. The van der Waals surface area contributed by atoms with E-state index in [1.54, 1.807) is 0 Å². The van der Waals surface area contributed by atoms with Gasteiger partial charge in [-0.3, -0.25) is 4.90 Å². The van der Waals surface area contributed by atoms with Crippen molar-refractivity contribution >= 4 is 15.9 Å². The molecule has 108 valence electrons. The predicted molar refractivity (Wildman–Crippen MR) is 81.4 cm³/mol. The number of aliphatic hydroxyl groups is 1. The molecule has 20 heavy (non-hydrogen) atoms. The van der Waals surface area contributed by atoms with Gasteiger partial charge in [-0.1, -0.05) is 33.2 Å². The van der Waals surface area contributed by atoms with E-state index in [1.165, 1.54) is 0 Å². The van der Waals surface area contributed by atoms with E-state index < -0.39 is 6.10 Å². The Labute approximate surface area is 127 Å². The number of likely N-dealkylation sites (N-methyl/N-ethyl adjacent to an activating group) is 1. The molecule has 0 bridgehead atoms. The maximum Gasteiger partial charge on any atom is 0.138 e. The van der Waals surface area contributed by atoms with Crippen LogP contribution in [0.3, 0.4) is 0 Å². The Bertz CT molecular complexity index is 564. The molecule has 0 amide bonds. The summed E-state index contributed by atoms with van der Waals surface area (Å²) in [5, 5.41) is 14.2. The monoisotopic (exact) mass is 338 g/mol. The van der Waals surface area contributed by atoms with Gasteiger partial charge in [0.25, 0.3) is 0 Å². The highest BCUT2D eigenvalue weighted by Crippen LogP contribution is 2.20. The van der Waals surface area contributed by atoms with Gasteiger partial charge >= 0.3 is 0 Å². The molecule has 1 atom stereocenters. The fourth-order valence-electron chi connectivity index (χ4n) is 2.18. The molecule has 0 fully saturated rings. The van der Waals surface area contributed by atoms with E-state index in [4.69, 9.17) is 4.52 Å². The van der Waals surface area contributed by atoms with E-state index in [1.807, 2.05) is 45.2 Å². The Morgan fingerprint density at radius 3 is 2.75 bits per heavy atom. The molecule has 0 saturated heterocycles. The van der Waals surface area contributed by atoms with Gasteiger partial charge in [-0.2, -0.15) is 0 Å². The Morgan fingerprint density at radius 2 is 2.15 bits per heavy atom. The fraction of sp³-hybridized carbons (Fsp3) is 0.400. The lowest BCUT2D eigenvalue weighted by molar-refractivity contribution is 0.123. The molecule has 4 nitrogen and oxygen atoms in total. The lowest BCUT2D eigenvalue weighted by Crippen LogP contribution is -2.24. The van der Waals surface area contributed by atoms with Crippen molar-refractivity contribution in [2.75, 3.05) is 13.6 Å². The average molecular weight is 339 g/mol. The van der Waals surface area contributed by atoms with Crippen LogP contribution in [0.5, 0.6) is 0 Å². The van der Waals surface area contributed by atoms with Crippen molar-refractivity contribution in [3.63, 3.8) is 0 Å². The molecule has 0 aliphatic heterocycles. The third kappa shape index (κ3) is 3.69. The minimum absolute atomic E-state index is 0.516. The van der Waals surface area contributed by atoms with Crippen molar-refractivity contribution in [2.45, 2.75) is 26.5 Å². The van der Waals surface area contributed by atoms with Crippen LogP contribution in [0.25, 0.3) is 0 Å². The SMILES string of the molecule is Cc1noc(C)c1CN(C)CC(O)c1cccc(Br)c1. The summed E-state index contributed by atoms with van der Waals surface area (Å²) in [5.41, 5.74) is 2.91. The van der Waals surface area contributed by atoms with Gasteiger partial charge in [-0.15, -0.1) is 0 Å². The molecule has 1 heterocycles. The number of aromatic nitrogens is 1. The fourth-order valence-corrected chi connectivity index (χ4v) is 2.59. The zero-order valence-corrected chi connectivity index (χ0v) is 13.5. The van der Waals surface area contributed by atoms with E-state index in [0.717, 1.165) is 27.1 Å². The Kier molecular flexibility index (Phi) is 4.96. The number of hydrogen-bond acceptors (Lipinski definition) is 4. The predicted octanol–water partition coefficient (Wildman–Crippen LogP) is 3.22. The van der Waals surface area contributed by atoms with Gasteiger partial charge in [0.2, 0.25) is 0 Å². The highest BCUT2D eigenvalue weighted by atomic mass is 79.9. The second kappa shape index (κ2) is 6.52. The van der Waals surface area contributed by atoms with E-state index in [9.17, 15) is 5.11 Å². The smallest absolute Gasteiger partial charge is 0.138 e. The molecule has 0 radical (unpaired) electrons. The number of benzene rings is 1. The maximum atomic E-state index is 10.3. The van der Waals surface area contributed by atoms with Crippen molar-refractivity contribution in [3.05, 3.63) is 51.3 Å². The van der Waals surface area contributed by atoms with Gasteiger partial charge in [0.05, 0.1) is 11.8 Å². The van der Waals surface area contributed by atoms with Gasteiger partial charge in [-0.05, 0) is 38.6 Å². The number of nitrogens with zero attached hydrogens (tertiary/aromatic N) is 2. The molecular weight excluding hydrogens is 320 g/mol. The summed E-state index contributed by atoms with van der Waals surface area (Å²) < 4.78 is 6.13. The van der Waals surface area contributed by atoms with Crippen LogP contribution >= 0.6 is 15.9 Å². The van der Waals surface area contributed by atoms with Gasteiger partial charge in [-0.25, -0.2) is 0 Å². The zero-order valence-electron chi connectivity index (χ0n) is 11.9. The largest absolute Gasteiger partial charge is 0.387 e. The van der Waals surface area contributed by atoms with Crippen LogP contribution in [0.4, 0.5) is 0 Å².